The highest BCUT2D eigenvalue weighted by atomic mass is 32.2. The zero-order chi connectivity index (χ0) is 23.3. The van der Waals surface area contributed by atoms with Crippen LogP contribution in [0.2, 0.25) is 0 Å². The number of hydrogen-bond donors (Lipinski definition) is 2. The summed E-state index contributed by atoms with van der Waals surface area (Å²) >= 11 is 0. The lowest BCUT2D eigenvalue weighted by Gasteiger charge is -2.10. The molecule has 0 aliphatic rings. The van der Waals surface area contributed by atoms with Gasteiger partial charge in [0.2, 0.25) is 17.7 Å². The Hall–Kier alpha value is -3.98. The summed E-state index contributed by atoms with van der Waals surface area (Å²) in [6, 6.07) is 22.4. The number of amides is 1. The lowest BCUT2D eigenvalue weighted by atomic mass is 10.2. The number of carbonyl (C=O) groups is 1. The predicted octanol–water partition coefficient (Wildman–Crippen LogP) is 4.42. The normalized spacial score (nSPS) is 11.2. The van der Waals surface area contributed by atoms with Crippen LogP contribution in [0.1, 0.15) is 17.9 Å². The number of benzene rings is 3. The Kier molecular flexibility index (Phi) is 6.50. The number of aromatic nitrogens is 2. The van der Waals surface area contributed by atoms with Crippen molar-refractivity contribution in [3.8, 4) is 11.5 Å². The minimum atomic E-state index is -3.68. The van der Waals surface area contributed by atoms with E-state index in [0.29, 0.717) is 29.6 Å². The first-order valence-corrected chi connectivity index (χ1v) is 11.7. The van der Waals surface area contributed by atoms with Crippen molar-refractivity contribution >= 4 is 27.3 Å². The van der Waals surface area contributed by atoms with Gasteiger partial charge in [0.15, 0.2) is 0 Å². The van der Waals surface area contributed by atoms with Gasteiger partial charge in [-0.3, -0.25) is 9.52 Å². The number of rotatable bonds is 8. The monoisotopic (exact) mass is 462 g/mol. The SMILES string of the molecule is Cc1ccc(S(=O)(=O)Nc2ccc(NC(=O)CCc3nnc(-c4ccccc4)o3)cc2)cc1. The smallest absolute Gasteiger partial charge is 0.261 e. The van der Waals surface area contributed by atoms with Gasteiger partial charge < -0.3 is 9.73 Å². The molecule has 2 N–H and O–H groups in total. The second-order valence-corrected chi connectivity index (χ2v) is 9.09. The highest BCUT2D eigenvalue weighted by Crippen LogP contribution is 2.20. The first-order chi connectivity index (χ1) is 15.9. The van der Waals surface area contributed by atoms with Crippen LogP contribution >= 0.6 is 0 Å². The van der Waals surface area contributed by atoms with E-state index in [1.807, 2.05) is 37.3 Å². The summed E-state index contributed by atoms with van der Waals surface area (Å²) in [4.78, 5) is 12.5. The summed E-state index contributed by atoms with van der Waals surface area (Å²) in [5.41, 5.74) is 2.74. The quantitative estimate of drug-likeness (QED) is 0.401. The van der Waals surface area contributed by atoms with Crippen molar-refractivity contribution in [2.45, 2.75) is 24.7 Å². The molecule has 0 saturated carbocycles. The third kappa shape index (κ3) is 5.83. The van der Waals surface area contributed by atoms with Gasteiger partial charge in [-0.2, -0.15) is 0 Å². The van der Waals surface area contributed by atoms with Gasteiger partial charge in [-0.05, 0) is 55.5 Å². The fourth-order valence-corrected chi connectivity index (χ4v) is 4.11. The molecule has 0 saturated heterocycles. The summed E-state index contributed by atoms with van der Waals surface area (Å²) in [6.07, 6.45) is 0.471. The van der Waals surface area contributed by atoms with Crippen LogP contribution in [0.5, 0.6) is 0 Å². The fourth-order valence-electron chi connectivity index (χ4n) is 3.05. The van der Waals surface area contributed by atoms with Crippen LogP contribution in [-0.4, -0.2) is 24.5 Å². The van der Waals surface area contributed by atoms with E-state index in [1.165, 1.54) is 0 Å². The molecule has 33 heavy (non-hydrogen) atoms. The number of carbonyl (C=O) groups excluding carboxylic acids is 1. The topological polar surface area (TPSA) is 114 Å². The van der Waals surface area contributed by atoms with Crippen LogP contribution in [0.3, 0.4) is 0 Å². The molecule has 0 bridgehead atoms. The Labute approximate surface area is 191 Å². The molecule has 1 aromatic heterocycles. The Morgan fingerprint density at radius 3 is 2.24 bits per heavy atom. The van der Waals surface area contributed by atoms with Crippen molar-refractivity contribution < 1.29 is 17.6 Å². The van der Waals surface area contributed by atoms with E-state index in [9.17, 15) is 13.2 Å². The molecule has 3 aromatic carbocycles. The van der Waals surface area contributed by atoms with Crippen LogP contribution in [0.25, 0.3) is 11.5 Å². The first-order valence-electron chi connectivity index (χ1n) is 10.3. The lowest BCUT2D eigenvalue weighted by molar-refractivity contribution is -0.116. The van der Waals surface area contributed by atoms with Gasteiger partial charge in [-0.1, -0.05) is 35.9 Å². The molecule has 0 aliphatic carbocycles. The molecule has 1 amide bonds. The molecule has 0 atom stereocenters. The van der Waals surface area contributed by atoms with E-state index in [0.717, 1.165) is 11.1 Å². The predicted molar refractivity (Wildman–Crippen MR) is 125 cm³/mol. The lowest BCUT2D eigenvalue weighted by Crippen LogP contribution is -2.14. The van der Waals surface area contributed by atoms with Crippen molar-refractivity contribution in [3.05, 3.63) is 90.3 Å². The Morgan fingerprint density at radius 2 is 1.55 bits per heavy atom. The number of sulfonamides is 1. The average Bonchev–Trinajstić information content (AvgIpc) is 3.29. The van der Waals surface area contributed by atoms with Crippen LogP contribution in [0, 0.1) is 6.92 Å². The molecule has 4 aromatic rings. The van der Waals surface area contributed by atoms with Gasteiger partial charge in [0.05, 0.1) is 4.90 Å². The molecule has 9 heteroatoms. The largest absolute Gasteiger partial charge is 0.421 e. The van der Waals surface area contributed by atoms with Crippen LogP contribution < -0.4 is 10.0 Å². The molecule has 0 fully saturated rings. The first kappa shape index (κ1) is 22.2. The molecule has 8 nitrogen and oxygen atoms in total. The second kappa shape index (κ2) is 9.66. The van der Waals surface area contributed by atoms with Crippen molar-refractivity contribution in [1.29, 1.82) is 0 Å². The maximum atomic E-state index is 12.5. The third-order valence-electron chi connectivity index (χ3n) is 4.81. The van der Waals surface area contributed by atoms with Gasteiger partial charge in [0, 0.05) is 29.8 Å². The summed E-state index contributed by atoms with van der Waals surface area (Å²) in [6.45, 7) is 1.89. The molecule has 0 aliphatic heterocycles. The molecule has 0 radical (unpaired) electrons. The zero-order valence-corrected chi connectivity index (χ0v) is 18.7. The molecule has 0 unspecified atom stereocenters. The molecule has 1 heterocycles. The number of nitrogens with one attached hydrogen (secondary N) is 2. The van der Waals surface area contributed by atoms with E-state index in [2.05, 4.69) is 20.2 Å². The zero-order valence-electron chi connectivity index (χ0n) is 17.9. The Balaban J connectivity index is 1.30. The molecular weight excluding hydrogens is 440 g/mol. The average molecular weight is 463 g/mol. The van der Waals surface area contributed by atoms with E-state index < -0.39 is 10.0 Å². The summed E-state index contributed by atoms with van der Waals surface area (Å²) in [5.74, 6) is 0.571. The number of aryl methyl sites for hydroxylation is 2. The van der Waals surface area contributed by atoms with E-state index in [1.54, 1.807) is 48.5 Å². The van der Waals surface area contributed by atoms with Gasteiger partial charge >= 0.3 is 0 Å². The van der Waals surface area contributed by atoms with E-state index >= 15 is 0 Å². The van der Waals surface area contributed by atoms with Gasteiger partial charge in [0.25, 0.3) is 10.0 Å². The van der Waals surface area contributed by atoms with Crippen molar-refractivity contribution in [3.63, 3.8) is 0 Å². The highest BCUT2D eigenvalue weighted by Gasteiger charge is 2.14. The van der Waals surface area contributed by atoms with E-state index in [-0.39, 0.29) is 17.2 Å². The third-order valence-corrected chi connectivity index (χ3v) is 6.20. The van der Waals surface area contributed by atoms with Crippen molar-refractivity contribution in [2.24, 2.45) is 0 Å². The summed E-state index contributed by atoms with van der Waals surface area (Å²) in [7, 11) is -3.68. The number of hydrogen-bond acceptors (Lipinski definition) is 6. The summed E-state index contributed by atoms with van der Waals surface area (Å²) < 4.78 is 33.1. The fraction of sp³-hybridized carbons (Fsp3) is 0.125. The standard InChI is InChI=1S/C24H22N4O4S/c1-17-7-13-21(14-8-17)33(30,31)28-20-11-9-19(10-12-20)25-22(29)15-16-23-26-27-24(32-23)18-5-3-2-4-6-18/h2-14,28H,15-16H2,1H3,(H,25,29). The molecule has 0 spiro atoms. The molecular formula is C24H22N4O4S. The Bertz CT molecular complexity index is 1330. The van der Waals surface area contributed by atoms with Crippen molar-refractivity contribution in [2.75, 3.05) is 10.0 Å². The second-order valence-electron chi connectivity index (χ2n) is 7.41. The molecule has 168 valence electrons. The van der Waals surface area contributed by atoms with E-state index in [4.69, 9.17) is 4.42 Å². The van der Waals surface area contributed by atoms with Gasteiger partial charge in [0.1, 0.15) is 0 Å². The molecule has 4 rings (SSSR count). The van der Waals surface area contributed by atoms with Crippen LogP contribution in [0.15, 0.2) is 88.2 Å². The Morgan fingerprint density at radius 1 is 0.879 bits per heavy atom. The van der Waals surface area contributed by atoms with Gasteiger partial charge in [-0.25, -0.2) is 8.42 Å². The minimum Gasteiger partial charge on any atom is -0.421 e. The maximum absolute atomic E-state index is 12.5. The highest BCUT2D eigenvalue weighted by molar-refractivity contribution is 7.92. The van der Waals surface area contributed by atoms with Crippen LogP contribution in [-0.2, 0) is 21.2 Å². The van der Waals surface area contributed by atoms with Crippen LogP contribution in [0.4, 0.5) is 11.4 Å². The maximum Gasteiger partial charge on any atom is 0.261 e. The van der Waals surface area contributed by atoms with Gasteiger partial charge in [-0.15, -0.1) is 10.2 Å². The minimum absolute atomic E-state index is 0.165. The number of nitrogens with zero attached hydrogens (tertiary/aromatic N) is 2. The summed E-state index contributed by atoms with van der Waals surface area (Å²) in [5, 5.41) is 10.8. The van der Waals surface area contributed by atoms with Crippen molar-refractivity contribution in [1.82, 2.24) is 10.2 Å². The number of anilines is 2.